The summed E-state index contributed by atoms with van der Waals surface area (Å²) >= 11 is 6.86. The molecule has 0 saturated heterocycles. The van der Waals surface area contributed by atoms with Gasteiger partial charge in [-0.05, 0) is 37.3 Å². The predicted octanol–water partition coefficient (Wildman–Crippen LogP) is 5.38. The van der Waals surface area contributed by atoms with Gasteiger partial charge in [0.25, 0.3) is 5.91 Å². The quantitative estimate of drug-likeness (QED) is 0.642. The van der Waals surface area contributed by atoms with E-state index in [4.69, 9.17) is 11.6 Å². The third kappa shape index (κ3) is 3.61. The molecule has 0 aliphatic carbocycles. The summed E-state index contributed by atoms with van der Waals surface area (Å²) in [5.41, 5.74) is 1.03. The minimum Gasteiger partial charge on any atom is -0.346 e. The van der Waals surface area contributed by atoms with E-state index in [1.54, 1.807) is 5.38 Å². The second-order valence-electron chi connectivity index (χ2n) is 5.60. The zero-order valence-corrected chi connectivity index (χ0v) is 15.3. The lowest BCUT2D eigenvalue weighted by Gasteiger charge is -2.11. The number of benzene rings is 1. The molecule has 136 valence electrons. The molecule has 0 radical (unpaired) electrons. The second kappa shape index (κ2) is 6.77. The molecule has 0 fully saturated rings. The number of aromatic nitrogens is 2. The summed E-state index contributed by atoms with van der Waals surface area (Å²) in [4.78, 5) is 16.6. The van der Waals surface area contributed by atoms with Crippen LogP contribution in [0.15, 0.2) is 35.7 Å². The van der Waals surface area contributed by atoms with E-state index in [1.165, 1.54) is 17.4 Å². The Hall–Kier alpha value is -2.32. The number of nitrogens with one attached hydrogen (secondary N) is 1. The summed E-state index contributed by atoms with van der Waals surface area (Å²) in [6.07, 6.45) is -4.60. The van der Waals surface area contributed by atoms with E-state index >= 15 is 0 Å². The largest absolute Gasteiger partial charge is 0.417 e. The normalized spacial score (nSPS) is 11.6. The summed E-state index contributed by atoms with van der Waals surface area (Å²) in [6.45, 7) is 1.95. The van der Waals surface area contributed by atoms with Gasteiger partial charge in [-0.2, -0.15) is 13.2 Å². The second-order valence-corrected chi connectivity index (χ2v) is 6.87. The van der Waals surface area contributed by atoms with Crippen molar-refractivity contribution >= 4 is 34.5 Å². The summed E-state index contributed by atoms with van der Waals surface area (Å²) in [6, 6.07) is 7.03. The first-order valence-electron chi connectivity index (χ1n) is 7.43. The molecule has 1 N–H and O–H groups in total. The van der Waals surface area contributed by atoms with Crippen molar-refractivity contribution in [2.45, 2.75) is 13.1 Å². The summed E-state index contributed by atoms with van der Waals surface area (Å²) in [5.74, 6) is -0.589. The number of anilines is 1. The van der Waals surface area contributed by atoms with Gasteiger partial charge in [-0.25, -0.2) is 4.98 Å². The molecule has 3 rings (SSSR count). The van der Waals surface area contributed by atoms with E-state index in [0.717, 1.165) is 23.5 Å². The van der Waals surface area contributed by atoms with Crippen LogP contribution in [0.1, 0.15) is 21.7 Å². The first-order chi connectivity index (χ1) is 12.2. The van der Waals surface area contributed by atoms with Gasteiger partial charge in [0, 0.05) is 23.8 Å². The topological polar surface area (TPSA) is 46.9 Å². The highest BCUT2D eigenvalue weighted by Crippen LogP contribution is 2.36. The number of amides is 1. The fourth-order valence-corrected chi connectivity index (χ4v) is 3.42. The van der Waals surface area contributed by atoms with Crippen LogP contribution in [0, 0.1) is 6.92 Å². The minimum atomic E-state index is -4.60. The fraction of sp³-hybridized carbons (Fsp3) is 0.176. The fourth-order valence-electron chi connectivity index (χ4n) is 2.34. The zero-order chi connectivity index (χ0) is 19.1. The third-order valence-corrected chi connectivity index (χ3v) is 5.05. The number of halogens is 4. The van der Waals surface area contributed by atoms with Crippen molar-refractivity contribution in [2.24, 2.45) is 7.05 Å². The Morgan fingerprint density at radius 1 is 1.27 bits per heavy atom. The van der Waals surface area contributed by atoms with E-state index < -0.39 is 22.7 Å². The maximum absolute atomic E-state index is 12.9. The molecule has 0 atom stereocenters. The van der Waals surface area contributed by atoms with E-state index in [0.29, 0.717) is 5.01 Å². The molecular formula is C17H13ClF3N3OS. The molecule has 1 amide bonds. The van der Waals surface area contributed by atoms with E-state index in [1.807, 2.05) is 30.7 Å². The average Bonchev–Trinajstić information content (AvgIpc) is 3.16. The number of hydrogen-bond donors (Lipinski definition) is 1. The van der Waals surface area contributed by atoms with Gasteiger partial charge < -0.3 is 9.88 Å². The maximum atomic E-state index is 12.9. The van der Waals surface area contributed by atoms with Crippen LogP contribution in [-0.4, -0.2) is 15.5 Å². The number of hydrogen-bond acceptors (Lipinski definition) is 3. The summed E-state index contributed by atoms with van der Waals surface area (Å²) in [7, 11) is 1.89. The van der Waals surface area contributed by atoms with Crippen LogP contribution >= 0.6 is 22.9 Å². The molecule has 0 aliphatic heterocycles. The average molecular weight is 400 g/mol. The van der Waals surface area contributed by atoms with Gasteiger partial charge in [-0.1, -0.05) is 11.6 Å². The Balaban J connectivity index is 1.82. The van der Waals surface area contributed by atoms with Crippen molar-refractivity contribution in [3.05, 3.63) is 57.7 Å². The summed E-state index contributed by atoms with van der Waals surface area (Å²) < 4.78 is 40.7. The van der Waals surface area contributed by atoms with E-state index in [-0.39, 0.29) is 11.4 Å². The van der Waals surface area contributed by atoms with Crippen molar-refractivity contribution < 1.29 is 18.0 Å². The molecule has 1 aromatic carbocycles. The molecule has 2 heterocycles. The number of alkyl halides is 3. The molecule has 26 heavy (non-hydrogen) atoms. The third-order valence-electron chi connectivity index (χ3n) is 3.86. The van der Waals surface area contributed by atoms with Crippen LogP contribution in [0.25, 0.3) is 10.7 Å². The Morgan fingerprint density at radius 3 is 2.62 bits per heavy atom. The maximum Gasteiger partial charge on any atom is 0.417 e. The van der Waals surface area contributed by atoms with Crippen LogP contribution in [0.2, 0.25) is 5.02 Å². The Bertz CT molecular complexity index is 978. The molecular weight excluding hydrogens is 387 g/mol. The molecule has 9 heteroatoms. The van der Waals surface area contributed by atoms with Crippen LogP contribution in [0.3, 0.4) is 0 Å². The first kappa shape index (κ1) is 18.5. The van der Waals surface area contributed by atoms with Crippen molar-refractivity contribution in [2.75, 3.05) is 5.32 Å². The van der Waals surface area contributed by atoms with E-state index in [9.17, 15) is 18.0 Å². The Kier molecular flexibility index (Phi) is 4.81. The van der Waals surface area contributed by atoms with Crippen molar-refractivity contribution in [1.29, 1.82) is 0 Å². The smallest absolute Gasteiger partial charge is 0.346 e. The molecule has 2 aromatic heterocycles. The molecule has 0 aliphatic rings. The van der Waals surface area contributed by atoms with Crippen molar-refractivity contribution in [3.63, 3.8) is 0 Å². The van der Waals surface area contributed by atoms with Gasteiger partial charge in [-0.15, -0.1) is 11.3 Å². The van der Waals surface area contributed by atoms with Gasteiger partial charge in [-0.3, -0.25) is 4.79 Å². The lowest BCUT2D eigenvalue weighted by atomic mass is 10.2. The molecule has 0 bridgehead atoms. The lowest BCUT2D eigenvalue weighted by molar-refractivity contribution is -0.137. The molecule has 0 saturated carbocycles. The SMILES string of the molecule is Cc1ccc(-c2nc(C(=O)Nc3ccc(Cl)c(C(F)(F)F)c3)cs2)n1C. The number of carbonyl (C=O) groups is 1. The number of aryl methyl sites for hydroxylation is 1. The van der Waals surface area contributed by atoms with Crippen LogP contribution in [-0.2, 0) is 13.2 Å². The highest BCUT2D eigenvalue weighted by Gasteiger charge is 2.33. The number of rotatable bonds is 3. The van der Waals surface area contributed by atoms with Gasteiger partial charge in [0.1, 0.15) is 10.7 Å². The minimum absolute atomic E-state index is 0.00372. The molecule has 0 spiro atoms. The molecule has 3 aromatic rings. The number of carbonyl (C=O) groups excluding carboxylic acids is 1. The number of thiazole rings is 1. The van der Waals surface area contributed by atoms with Gasteiger partial charge in [0.05, 0.1) is 16.3 Å². The van der Waals surface area contributed by atoms with Crippen molar-refractivity contribution in [3.8, 4) is 10.7 Å². The van der Waals surface area contributed by atoms with Gasteiger partial charge >= 0.3 is 6.18 Å². The Labute approximate surface area is 156 Å². The van der Waals surface area contributed by atoms with E-state index in [2.05, 4.69) is 10.3 Å². The zero-order valence-electron chi connectivity index (χ0n) is 13.7. The van der Waals surface area contributed by atoms with Crippen molar-refractivity contribution in [1.82, 2.24) is 9.55 Å². The lowest BCUT2D eigenvalue weighted by Crippen LogP contribution is -2.14. The Morgan fingerprint density at radius 2 is 2.00 bits per heavy atom. The highest BCUT2D eigenvalue weighted by atomic mass is 35.5. The first-order valence-corrected chi connectivity index (χ1v) is 8.69. The molecule has 0 unspecified atom stereocenters. The van der Waals surface area contributed by atoms with Crippen LogP contribution in [0.4, 0.5) is 18.9 Å². The monoisotopic (exact) mass is 399 g/mol. The summed E-state index contributed by atoms with van der Waals surface area (Å²) in [5, 5.41) is 4.21. The predicted molar refractivity (Wildman–Crippen MR) is 95.7 cm³/mol. The number of nitrogens with zero attached hydrogens (tertiary/aromatic N) is 2. The van der Waals surface area contributed by atoms with Crippen LogP contribution < -0.4 is 5.32 Å². The highest BCUT2D eigenvalue weighted by molar-refractivity contribution is 7.13. The molecule has 4 nitrogen and oxygen atoms in total. The van der Waals surface area contributed by atoms with Gasteiger partial charge in [0.2, 0.25) is 0 Å². The van der Waals surface area contributed by atoms with Crippen LogP contribution in [0.5, 0.6) is 0 Å². The standard InChI is InChI=1S/C17H13ClF3N3OS/c1-9-3-6-14(24(9)2)16-23-13(8-26-16)15(25)22-10-4-5-12(18)11(7-10)17(19,20)21/h3-8H,1-2H3,(H,22,25). The van der Waals surface area contributed by atoms with Gasteiger partial charge in [0.15, 0.2) is 0 Å².